The van der Waals surface area contributed by atoms with Crippen molar-refractivity contribution in [3.8, 4) is 5.75 Å². The highest BCUT2D eigenvalue weighted by molar-refractivity contribution is 5.94. The third-order valence-electron chi connectivity index (χ3n) is 3.50. The normalized spacial score (nSPS) is 12.1. The fourth-order valence-corrected chi connectivity index (χ4v) is 2.15. The third-order valence-corrected chi connectivity index (χ3v) is 3.50. The van der Waals surface area contributed by atoms with Gasteiger partial charge in [0, 0.05) is 5.69 Å². The summed E-state index contributed by atoms with van der Waals surface area (Å²) in [7, 11) is 0. The number of carbonyl (C=O) groups excluding carboxylic acids is 2. The summed E-state index contributed by atoms with van der Waals surface area (Å²) < 4.78 is 41.7. The zero-order valence-electron chi connectivity index (χ0n) is 14.5. The SMILES string of the molecule is CC(Oc1ccccc1)C(=O)Nc1ccc(CC(=O)NCC(F)(F)F)cc1. The molecule has 0 aliphatic rings. The molecule has 27 heavy (non-hydrogen) atoms. The van der Waals surface area contributed by atoms with E-state index in [2.05, 4.69) is 5.32 Å². The summed E-state index contributed by atoms with van der Waals surface area (Å²) in [6.07, 6.45) is -5.35. The second-order valence-corrected chi connectivity index (χ2v) is 5.83. The van der Waals surface area contributed by atoms with Crippen LogP contribution in [0, 0.1) is 0 Å². The molecule has 2 aromatic carbocycles. The summed E-state index contributed by atoms with van der Waals surface area (Å²) in [6, 6.07) is 15.2. The van der Waals surface area contributed by atoms with Crippen LogP contribution in [-0.4, -0.2) is 30.6 Å². The van der Waals surface area contributed by atoms with Crippen molar-refractivity contribution in [3.63, 3.8) is 0 Å². The number of nitrogens with one attached hydrogen (secondary N) is 2. The van der Waals surface area contributed by atoms with E-state index in [1.165, 1.54) is 0 Å². The van der Waals surface area contributed by atoms with E-state index in [1.54, 1.807) is 60.8 Å². The van der Waals surface area contributed by atoms with Crippen LogP contribution in [0.15, 0.2) is 54.6 Å². The Labute approximate surface area is 154 Å². The number of anilines is 1. The molecule has 2 amide bonds. The van der Waals surface area contributed by atoms with Gasteiger partial charge in [0.25, 0.3) is 5.91 Å². The lowest BCUT2D eigenvalue weighted by molar-refractivity contribution is -0.138. The van der Waals surface area contributed by atoms with E-state index in [9.17, 15) is 22.8 Å². The quantitative estimate of drug-likeness (QED) is 0.775. The van der Waals surface area contributed by atoms with Crippen molar-refractivity contribution in [2.75, 3.05) is 11.9 Å². The van der Waals surface area contributed by atoms with Gasteiger partial charge < -0.3 is 15.4 Å². The molecule has 2 rings (SSSR count). The lowest BCUT2D eigenvalue weighted by Crippen LogP contribution is -2.34. The Hall–Kier alpha value is -3.03. The minimum Gasteiger partial charge on any atom is -0.481 e. The Morgan fingerprint density at radius 1 is 1.04 bits per heavy atom. The summed E-state index contributed by atoms with van der Waals surface area (Å²) in [6.45, 7) is 0.251. The average molecular weight is 380 g/mol. The average Bonchev–Trinajstić information content (AvgIpc) is 2.62. The number of hydrogen-bond donors (Lipinski definition) is 2. The fraction of sp³-hybridized carbons (Fsp3) is 0.263. The van der Waals surface area contributed by atoms with Crippen molar-refractivity contribution >= 4 is 17.5 Å². The van der Waals surface area contributed by atoms with Crippen LogP contribution < -0.4 is 15.4 Å². The minimum absolute atomic E-state index is 0.183. The lowest BCUT2D eigenvalue weighted by Gasteiger charge is -2.15. The van der Waals surface area contributed by atoms with E-state index in [4.69, 9.17) is 4.74 Å². The Bertz CT molecular complexity index is 762. The van der Waals surface area contributed by atoms with Gasteiger partial charge in [-0.1, -0.05) is 30.3 Å². The summed E-state index contributed by atoms with van der Waals surface area (Å²) in [5, 5.41) is 4.48. The zero-order chi connectivity index (χ0) is 19.9. The van der Waals surface area contributed by atoms with Gasteiger partial charge in [-0.05, 0) is 36.8 Å². The number of hydrogen-bond acceptors (Lipinski definition) is 3. The fourth-order valence-electron chi connectivity index (χ4n) is 2.15. The summed E-state index contributed by atoms with van der Waals surface area (Å²) >= 11 is 0. The van der Waals surface area contributed by atoms with Crippen molar-refractivity contribution in [3.05, 3.63) is 60.2 Å². The van der Waals surface area contributed by atoms with E-state index in [1.807, 2.05) is 6.07 Å². The highest BCUT2D eigenvalue weighted by Crippen LogP contribution is 2.15. The topological polar surface area (TPSA) is 67.4 Å². The molecule has 0 heterocycles. The van der Waals surface area contributed by atoms with Gasteiger partial charge in [0.2, 0.25) is 5.91 Å². The van der Waals surface area contributed by atoms with E-state index in [-0.39, 0.29) is 12.3 Å². The number of amides is 2. The largest absolute Gasteiger partial charge is 0.481 e. The van der Waals surface area contributed by atoms with Gasteiger partial charge in [0.1, 0.15) is 12.3 Å². The molecule has 1 unspecified atom stereocenters. The molecule has 144 valence electrons. The molecule has 0 spiro atoms. The molecule has 5 nitrogen and oxygen atoms in total. The first-order valence-electron chi connectivity index (χ1n) is 8.18. The maximum atomic E-state index is 12.2. The second kappa shape index (κ2) is 9.07. The van der Waals surface area contributed by atoms with Gasteiger partial charge in [-0.3, -0.25) is 9.59 Å². The third kappa shape index (κ3) is 7.39. The van der Waals surface area contributed by atoms with Crippen LogP contribution in [0.1, 0.15) is 12.5 Å². The Kier molecular flexibility index (Phi) is 6.81. The van der Waals surface area contributed by atoms with E-state index >= 15 is 0 Å². The second-order valence-electron chi connectivity index (χ2n) is 5.83. The minimum atomic E-state index is -4.44. The van der Waals surface area contributed by atoms with Gasteiger partial charge in [-0.2, -0.15) is 13.2 Å². The van der Waals surface area contributed by atoms with E-state index in [0.717, 1.165) is 0 Å². The van der Waals surface area contributed by atoms with Crippen LogP contribution >= 0.6 is 0 Å². The van der Waals surface area contributed by atoms with Gasteiger partial charge >= 0.3 is 6.18 Å². The number of rotatable bonds is 7. The van der Waals surface area contributed by atoms with Gasteiger partial charge in [-0.25, -0.2) is 0 Å². The molecule has 8 heteroatoms. The molecule has 0 radical (unpaired) electrons. The number of para-hydroxylation sites is 1. The maximum Gasteiger partial charge on any atom is 0.405 e. The predicted molar refractivity (Wildman–Crippen MR) is 94.4 cm³/mol. The smallest absolute Gasteiger partial charge is 0.405 e. The van der Waals surface area contributed by atoms with Crippen LogP contribution in [0.25, 0.3) is 0 Å². The Morgan fingerprint density at radius 3 is 2.26 bits per heavy atom. The highest BCUT2D eigenvalue weighted by atomic mass is 19.4. The number of alkyl halides is 3. The number of carbonyl (C=O) groups is 2. The van der Waals surface area contributed by atoms with Crippen LogP contribution in [0.4, 0.5) is 18.9 Å². The predicted octanol–water partition coefficient (Wildman–Crippen LogP) is 3.31. The molecule has 2 aromatic rings. The molecule has 0 saturated heterocycles. The monoisotopic (exact) mass is 380 g/mol. The van der Waals surface area contributed by atoms with Gasteiger partial charge in [-0.15, -0.1) is 0 Å². The van der Waals surface area contributed by atoms with Gasteiger partial charge in [0.05, 0.1) is 6.42 Å². The highest BCUT2D eigenvalue weighted by Gasteiger charge is 2.27. The number of benzene rings is 2. The number of ether oxygens (including phenoxy) is 1. The molecular weight excluding hydrogens is 361 g/mol. The van der Waals surface area contributed by atoms with Gasteiger partial charge in [0.15, 0.2) is 6.10 Å². The molecule has 0 aliphatic heterocycles. The van der Waals surface area contributed by atoms with Crippen LogP contribution in [0.5, 0.6) is 5.75 Å². The summed E-state index contributed by atoms with van der Waals surface area (Å²) in [5.74, 6) is -0.510. The lowest BCUT2D eigenvalue weighted by atomic mass is 10.1. The summed E-state index contributed by atoms with van der Waals surface area (Å²) in [4.78, 5) is 23.6. The molecule has 2 N–H and O–H groups in total. The van der Waals surface area contributed by atoms with Crippen molar-refractivity contribution in [1.29, 1.82) is 0 Å². The standard InChI is InChI=1S/C19H19F3N2O3/c1-13(27-16-5-3-2-4-6-16)18(26)24-15-9-7-14(8-10-15)11-17(25)23-12-19(20,21)22/h2-10,13H,11-12H2,1H3,(H,23,25)(H,24,26). The molecule has 0 bridgehead atoms. The molecule has 0 fully saturated rings. The van der Waals surface area contributed by atoms with E-state index < -0.39 is 24.7 Å². The van der Waals surface area contributed by atoms with Crippen LogP contribution in [0.3, 0.4) is 0 Å². The van der Waals surface area contributed by atoms with E-state index in [0.29, 0.717) is 17.0 Å². The van der Waals surface area contributed by atoms with Crippen molar-refractivity contribution in [1.82, 2.24) is 5.32 Å². The first kappa shape index (κ1) is 20.3. The zero-order valence-corrected chi connectivity index (χ0v) is 14.5. The molecule has 0 aromatic heterocycles. The summed E-state index contributed by atoms with van der Waals surface area (Å²) in [5.41, 5.74) is 1.02. The van der Waals surface area contributed by atoms with Crippen LogP contribution in [-0.2, 0) is 16.0 Å². The Morgan fingerprint density at radius 2 is 1.67 bits per heavy atom. The van der Waals surface area contributed by atoms with Crippen molar-refractivity contribution < 1.29 is 27.5 Å². The molecule has 0 saturated carbocycles. The maximum absolute atomic E-state index is 12.2. The Balaban J connectivity index is 1.84. The molecule has 1 atom stereocenters. The molecular formula is C19H19F3N2O3. The van der Waals surface area contributed by atoms with Crippen LogP contribution in [0.2, 0.25) is 0 Å². The van der Waals surface area contributed by atoms with Crippen molar-refractivity contribution in [2.45, 2.75) is 25.6 Å². The van der Waals surface area contributed by atoms with Crippen molar-refractivity contribution in [2.24, 2.45) is 0 Å². The first-order chi connectivity index (χ1) is 12.7. The first-order valence-corrected chi connectivity index (χ1v) is 8.18. The molecule has 0 aliphatic carbocycles. The number of halogens is 3.